The normalized spacial score (nSPS) is 14.7. The van der Waals surface area contributed by atoms with Crippen LogP contribution < -0.4 is 31.1 Å². The van der Waals surface area contributed by atoms with Crippen molar-refractivity contribution in [2.75, 3.05) is 72.8 Å². The third-order valence-electron chi connectivity index (χ3n) is 8.38. The Balaban J connectivity index is 0.00000190. The van der Waals surface area contributed by atoms with Crippen molar-refractivity contribution < 1.29 is 9.59 Å². The van der Waals surface area contributed by atoms with Crippen molar-refractivity contribution in [3.8, 4) is 11.4 Å². The Morgan fingerprint density at radius 3 is 1.64 bits per heavy atom. The molecular weight excluding hydrogens is 588 g/mol. The number of carbonyl (C=O) groups excluding carboxylic acids is 2. The minimum atomic E-state index is -0.167. The van der Waals surface area contributed by atoms with Gasteiger partial charge in [-0.2, -0.15) is 0 Å². The first-order valence-corrected chi connectivity index (χ1v) is 16.4. The molecule has 1 aromatic heterocycles. The topological polar surface area (TPSA) is 117 Å². The van der Waals surface area contributed by atoms with Gasteiger partial charge in [0.1, 0.15) is 5.82 Å². The number of fused-ring (bicyclic) bond motifs is 1. The van der Waals surface area contributed by atoms with E-state index in [4.69, 9.17) is 4.98 Å². The van der Waals surface area contributed by atoms with Gasteiger partial charge in [-0.05, 0) is 78.9 Å². The second kappa shape index (κ2) is 14.9. The van der Waals surface area contributed by atoms with Gasteiger partial charge < -0.3 is 36.1 Å². The Bertz CT molecular complexity index is 1790. The Kier molecular flexibility index (Phi) is 10.1. The molecule has 2 aliphatic heterocycles. The lowest BCUT2D eigenvalue weighted by Gasteiger charge is -2.29. The molecule has 0 aliphatic carbocycles. The molecule has 0 saturated carbocycles. The molecule has 10 heteroatoms. The fourth-order valence-electron chi connectivity index (χ4n) is 5.84. The standard InChI is InChI=1S/C35H36N8O2.C2H6/c44-34(38-27-7-12-30(13-8-27)43-21-17-37-18-22-43)25-3-1-24(2-4-25)33-40-31-14-9-28(23-32(31)41-33)39-35(45)26-5-10-29(11-6-26)42-19-15-36-16-20-42;1-2/h1-14,23,36-37H,15-22H2,(H,38,44)(H,39,45)(H,40,41);1-2H3. The zero-order valence-electron chi connectivity index (χ0n) is 27.0. The van der Waals surface area contributed by atoms with Crippen LogP contribution in [0.3, 0.4) is 0 Å². The average Bonchev–Trinajstić information content (AvgIpc) is 3.57. The van der Waals surface area contributed by atoms with Crippen LogP contribution in [0.15, 0.2) is 91.0 Å². The summed E-state index contributed by atoms with van der Waals surface area (Å²) < 4.78 is 0. The largest absolute Gasteiger partial charge is 0.369 e. The fraction of sp³-hybridized carbons (Fsp3) is 0.270. The molecule has 2 aliphatic rings. The van der Waals surface area contributed by atoms with Crippen LogP contribution in [0.5, 0.6) is 0 Å². The van der Waals surface area contributed by atoms with Crippen LogP contribution in [0.2, 0.25) is 0 Å². The van der Waals surface area contributed by atoms with Gasteiger partial charge in [0.2, 0.25) is 0 Å². The summed E-state index contributed by atoms with van der Waals surface area (Å²) >= 11 is 0. The molecule has 10 nitrogen and oxygen atoms in total. The highest BCUT2D eigenvalue weighted by Gasteiger charge is 2.14. The summed E-state index contributed by atoms with van der Waals surface area (Å²) in [5, 5.41) is 12.7. The highest BCUT2D eigenvalue weighted by Crippen LogP contribution is 2.25. The van der Waals surface area contributed by atoms with Crippen LogP contribution >= 0.6 is 0 Å². The van der Waals surface area contributed by atoms with Crippen LogP contribution in [0.1, 0.15) is 34.6 Å². The molecule has 0 atom stereocenters. The molecule has 242 valence electrons. The summed E-state index contributed by atoms with van der Waals surface area (Å²) in [6.07, 6.45) is 0. The molecular formula is C37H42N8O2. The molecule has 0 bridgehead atoms. The van der Waals surface area contributed by atoms with Crippen LogP contribution in [-0.2, 0) is 0 Å². The van der Waals surface area contributed by atoms with E-state index in [1.165, 1.54) is 0 Å². The van der Waals surface area contributed by atoms with E-state index in [9.17, 15) is 9.59 Å². The number of piperazine rings is 2. The zero-order valence-corrected chi connectivity index (χ0v) is 27.0. The highest BCUT2D eigenvalue weighted by atomic mass is 16.2. The van der Waals surface area contributed by atoms with Gasteiger partial charge in [0.05, 0.1) is 11.0 Å². The second-order valence-electron chi connectivity index (χ2n) is 11.4. The number of hydrogen-bond acceptors (Lipinski definition) is 7. The van der Waals surface area contributed by atoms with Crippen molar-refractivity contribution in [3.05, 3.63) is 102 Å². The van der Waals surface area contributed by atoms with Gasteiger partial charge in [0.25, 0.3) is 11.8 Å². The Morgan fingerprint density at radius 1 is 0.617 bits per heavy atom. The minimum Gasteiger partial charge on any atom is -0.369 e. The smallest absolute Gasteiger partial charge is 0.255 e. The van der Waals surface area contributed by atoms with E-state index < -0.39 is 0 Å². The lowest BCUT2D eigenvalue weighted by molar-refractivity contribution is 0.101. The first kappa shape index (κ1) is 31.8. The van der Waals surface area contributed by atoms with Gasteiger partial charge in [-0.15, -0.1) is 0 Å². The van der Waals surface area contributed by atoms with Crippen molar-refractivity contribution in [1.82, 2.24) is 20.6 Å². The van der Waals surface area contributed by atoms with Gasteiger partial charge in [-0.1, -0.05) is 26.0 Å². The van der Waals surface area contributed by atoms with Crippen LogP contribution in [-0.4, -0.2) is 74.1 Å². The minimum absolute atomic E-state index is 0.162. The number of aromatic amines is 1. The number of nitrogens with one attached hydrogen (secondary N) is 5. The summed E-state index contributed by atoms with van der Waals surface area (Å²) in [4.78, 5) is 38.6. The molecule has 3 heterocycles. The average molecular weight is 631 g/mol. The molecule has 0 unspecified atom stereocenters. The summed E-state index contributed by atoms with van der Waals surface area (Å²) in [6, 6.07) is 28.7. The molecule has 4 aromatic carbocycles. The van der Waals surface area contributed by atoms with Crippen molar-refractivity contribution in [1.29, 1.82) is 0 Å². The predicted molar refractivity (Wildman–Crippen MR) is 192 cm³/mol. The molecule has 2 saturated heterocycles. The molecule has 2 amide bonds. The molecule has 5 aromatic rings. The SMILES string of the molecule is CC.O=C(Nc1ccc(N2CCNCC2)cc1)c1ccc(-c2nc3ccc(NC(=O)c4ccc(N5CCNCC5)cc4)cc3[nH]2)cc1. The highest BCUT2D eigenvalue weighted by molar-refractivity contribution is 6.05. The summed E-state index contributed by atoms with van der Waals surface area (Å²) in [6.45, 7) is 11.8. The number of nitrogens with zero attached hydrogens (tertiary/aromatic N) is 3. The number of amides is 2. The maximum Gasteiger partial charge on any atom is 0.255 e. The van der Waals surface area contributed by atoms with Crippen LogP contribution in [0.4, 0.5) is 22.7 Å². The summed E-state index contributed by atoms with van der Waals surface area (Å²) in [7, 11) is 0. The number of aromatic nitrogens is 2. The first-order valence-electron chi connectivity index (χ1n) is 16.4. The van der Waals surface area contributed by atoms with Crippen LogP contribution in [0, 0.1) is 0 Å². The quantitative estimate of drug-likeness (QED) is 0.159. The number of hydrogen-bond donors (Lipinski definition) is 5. The number of imidazole rings is 1. The van der Waals surface area contributed by atoms with Gasteiger partial charge >= 0.3 is 0 Å². The van der Waals surface area contributed by atoms with E-state index in [0.717, 1.165) is 86.0 Å². The fourth-order valence-corrected chi connectivity index (χ4v) is 5.84. The van der Waals surface area contributed by atoms with Gasteiger partial charge in [0.15, 0.2) is 0 Å². The van der Waals surface area contributed by atoms with E-state index in [2.05, 4.69) is 36.1 Å². The van der Waals surface area contributed by atoms with E-state index in [-0.39, 0.29) is 11.8 Å². The number of benzene rings is 4. The molecule has 0 spiro atoms. The lowest BCUT2D eigenvalue weighted by Crippen LogP contribution is -2.43. The van der Waals surface area contributed by atoms with E-state index >= 15 is 0 Å². The number of rotatable bonds is 7. The van der Waals surface area contributed by atoms with Gasteiger partial charge in [-0.3, -0.25) is 9.59 Å². The Hall–Kier alpha value is -5.19. The summed E-state index contributed by atoms with van der Waals surface area (Å²) in [5.41, 5.74) is 7.36. The molecule has 2 fully saturated rings. The molecule has 0 radical (unpaired) electrons. The summed E-state index contributed by atoms with van der Waals surface area (Å²) in [5.74, 6) is 0.359. The van der Waals surface area contributed by atoms with E-state index in [1.54, 1.807) is 12.1 Å². The monoisotopic (exact) mass is 630 g/mol. The lowest BCUT2D eigenvalue weighted by atomic mass is 10.1. The number of carbonyl (C=O) groups is 2. The maximum absolute atomic E-state index is 13.0. The van der Waals surface area contributed by atoms with Crippen molar-refractivity contribution >= 4 is 45.6 Å². The number of anilines is 4. The van der Waals surface area contributed by atoms with Crippen LogP contribution in [0.25, 0.3) is 22.4 Å². The van der Waals surface area contributed by atoms with Gasteiger partial charge in [-0.25, -0.2) is 4.98 Å². The zero-order chi connectivity index (χ0) is 32.6. The Morgan fingerprint density at radius 2 is 1.09 bits per heavy atom. The number of H-pyrrole nitrogens is 1. The first-order chi connectivity index (χ1) is 23.1. The predicted octanol–water partition coefficient (Wildman–Crippen LogP) is 5.58. The third kappa shape index (κ3) is 7.62. The van der Waals surface area contributed by atoms with Crippen molar-refractivity contribution in [2.45, 2.75) is 13.8 Å². The van der Waals surface area contributed by atoms with E-state index in [1.807, 2.05) is 92.7 Å². The second-order valence-corrected chi connectivity index (χ2v) is 11.4. The Labute approximate surface area is 275 Å². The van der Waals surface area contributed by atoms with E-state index in [0.29, 0.717) is 22.6 Å². The molecule has 5 N–H and O–H groups in total. The molecule has 47 heavy (non-hydrogen) atoms. The third-order valence-corrected chi connectivity index (χ3v) is 8.38. The van der Waals surface area contributed by atoms with Gasteiger partial charge in [0, 0.05) is 91.8 Å². The van der Waals surface area contributed by atoms with Crippen molar-refractivity contribution in [2.24, 2.45) is 0 Å². The van der Waals surface area contributed by atoms with Crippen molar-refractivity contribution in [3.63, 3.8) is 0 Å². The maximum atomic E-state index is 13.0. The molecule has 7 rings (SSSR count).